The zero-order chi connectivity index (χ0) is 38.8. The zero-order valence-corrected chi connectivity index (χ0v) is 32.2. The van der Waals surface area contributed by atoms with Crippen molar-refractivity contribution >= 4 is 58.3 Å². The number of halogens is 1. The smallest absolute Gasteiger partial charge is 0.352 e. The molecule has 5 rings (SSSR count). The van der Waals surface area contributed by atoms with Gasteiger partial charge in [-0.1, -0.05) is 28.4 Å². The number of nitrogens with one attached hydrogen (secondary N) is 2. The van der Waals surface area contributed by atoms with E-state index in [4.69, 9.17) is 48.8 Å². The highest BCUT2D eigenvalue weighted by atomic mass is 35.5. The van der Waals surface area contributed by atoms with Crippen LogP contribution in [0.2, 0.25) is 5.02 Å². The molecule has 0 bridgehead atoms. The van der Waals surface area contributed by atoms with Gasteiger partial charge in [0.2, 0.25) is 0 Å². The van der Waals surface area contributed by atoms with Crippen LogP contribution in [0.4, 0.5) is 0 Å². The van der Waals surface area contributed by atoms with Crippen LogP contribution in [0.15, 0.2) is 44.7 Å². The minimum Gasteiger partial charge on any atom is -0.352 e. The fourth-order valence-electron chi connectivity index (χ4n) is 5.44. The molecule has 1 fully saturated rings. The fourth-order valence-corrected chi connectivity index (χ4v) is 8.99. The first-order chi connectivity index (χ1) is 24.1. The van der Waals surface area contributed by atoms with Crippen LogP contribution >= 0.6 is 47.3 Å². The quantitative estimate of drug-likeness (QED) is 0.0382. The molecule has 3 aromatic rings. The van der Waals surface area contributed by atoms with Crippen molar-refractivity contribution in [2.45, 2.75) is 71.6 Å². The summed E-state index contributed by atoms with van der Waals surface area (Å²) in [5, 5.41) is 4.18. The number of H-pyrrole nitrogens is 2. The molecule has 2 aliphatic heterocycles. The van der Waals surface area contributed by atoms with Crippen molar-refractivity contribution in [3.63, 3.8) is 0 Å². The number of rotatable bonds is 11. The van der Waals surface area contributed by atoms with E-state index in [1.54, 1.807) is 0 Å². The van der Waals surface area contributed by atoms with E-state index in [-0.39, 0.29) is 12.0 Å². The third kappa shape index (κ3) is 11.1. The molecular weight excluding hydrogens is 793 g/mol. The van der Waals surface area contributed by atoms with Crippen LogP contribution in [-0.4, -0.2) is 74.9 Å². The fraction of sp³-hybridized carbons (Fsp3) is 0.500. The summed E-state index contributed by atoms with van der Waals surface area (Å²) >= 11 is 11.7. The molecule has 0 amide bonds. The topological polar surface area (TPSA) is 297 Å². The van der Waals surface area contributed by atoms with Crippen molar-refractivity contribution in [3.8, 4) is 0 Å². The number of aromatic amines is 2. The molecule has 21 nitrogen and oxygen atoms in total. The second-order valence-corrected chi connectivity index (χ2v) is 17.3. The van der Waals surface area contributed by atoms with Crippen LogP contribution in [0.25, 0.3) is 21.5 Å². The number of azide groups is 1. The van der Waals surface area contributed by atoms with Gasteiger partial charge in [-0.2, -0.15) is 8.62 Å². The van der Waals surface area contributed by atoms with E-state index in [1.807, 2.05) is 11.1 Å². The maximum atomic E-state index is 12.0. The first-order valence-electron chi connectivity index (χ1n) is 15.2. The number of phosphoric ester groups is 1. The Morgan fingerprint density at radius 3 is 2.50 bits per heavy atom. The summed E-state index contributed by atoms with van der Waals surface area (Å²) in [7, 11) is -16.7. The van der Waals surface area contributed by atoms with Crippen molar-refractivity contribution in [2.24, 2.45) is 5.11 Å². The maximum absolute atomic E-state index is 12.0. The van der Waals surface area contributed by atoms with Gasteiger partial charge in [-0.25, -0.2) is 18.5 Å². The summed E-state index contributed by atoms with van der Waals surface area (Å²) in [5.41, 5.74) is 12.2. The van der Waals surface area contributed by atoms with Gasteiger partial charge in [0.25, 0.3) is 5.56 Å². The normalized spacial score (nSPS) is 22.7. The molecule has 26 heteroatoms. The van der Waals surface area contributed by atoms with Crippen LogP contribution in [0.1, 0.15) is 44.5 Å². The number of benzene rings is 1. The number of allylic oxidation sites excluding steroid dienone is 1. The van der Waals surface area contributed by atoms with Gasteiger partial charge in [-0.15, -0.1) is 0 Å². The molecule has 0 aliphatic carbocycles. The Hall–Kier alpha value is -2.74. The van der Waals surface area contributed by atoms with Crippen molar-refractivity contribution in [1.29, 1.82) is 0 Å². The lowest BCUT2D eigenvalue weighted by molar-refractivity contribution is -0.0267. The van der Waals surface area contributed by atoms with E-state index in [2.05, 4.69) is 70.5 Å². The Morgan fingerprint density at radius 2 is 1.87 bits per heavy atom. The predicted octanol–water partition coefficient (Wildman–Crippen LogP) is 4.68. The van der Waals surface area contributed by atoms with E-state index < -0.39 is 59.7 Å². The molecule has 2 unspecified atom stereocenters. The monoisotopic (exact) mass is 828 g/mol. The summed E-state index contributed by atoms with van der Waals surface area (Å²) in [5.74, 6) is 0. The van der Waals surface area contributed by atoms with Crippen molar-refractivity contribution in [2.75, 3.05) is 13.2 Å². The highest BCUT2D eigenvalue weighted by Crippen LogP contribution is 2.66. The SMILES string of the molecule is CC(C)=CCN1Cc2cc(Cl)cc3[nH]c(=S)n(c23)C[C@@H]1C.Cc1cn([C@H]2C[C@H](N=[N+]=[N-])[C@@H](COP(=O)(O)OP(=O)(O)OP(=O)(O)O)O2)c(=O)[nH]c1=O. The third-order valence-electron chi connectivity index (χ3n) is 7.77. The van der Waals surface area contributed by atoms with Crippen LogP contribution in [0, 0.1) is 11.7 Å². The number of ether oxygens (including phenoxy) is 1. The largest absolute Gasteiger partial charge is 0.490 e. The van der Waals surface area contributed by atoms with E-state index in [0.29, 0.717) is 6.04 Å². The summed E-state index contributed by atoms with van der Waals surface area (Å²) in [4.78, 5) is 69.5. The van der Waals surface area contributed by atoms with Gasteiger partial charge >= 0.3 is 29.2 Å². The van der Waals surface area contributed by atoms with Crippen LogP contribution in [0.3, 0.4) is 0 Å². The lowest BCUT2D eigenvalue weighted by Gasteiger charge is -2.26. The Morgan fingerprint density at radius 1 is 1.17 bits per heavy atom. The molecule has 0 spiro atoms. The summed E-state index contributed by atoms with van der Waals surface area (Å²) in [6.45, 7) is 9.84. The molecule has 1 aromatic carbocycles. The average molecular weight is 829 g/mol. The van der Waals surface area contributed by atoms with Gasteiger partial charge in [0, 0.05) is 53.8 Å². The predicted molar refractivity (Wildman–Crippen MR) is 189 cm³/mol. The Bertz CT molecular complexity index is 2230. The van der Waals surface area contributed by atoms with Gasteiger partial charge in [-0.3, -0.25) is 23.8 Å². The summed E-state index contributed by atoms with van der Waals surface area (Å²) in [6, 6.07) is 3.42. The summed E-state index contributed by atoms with van der Waals surface area (Å²) in [6.07, 6.45) is 1.02. The number of aryl methyl sites for hydroxylation is 1. The van der Waals surface area contributed by atoms with Crippen LogP contribution in [0.5, 0.6) is 0 Å². The molecular formula is C26H36ClN8O13P3S. The van der Waals surface area contributed by atoms with E-state index in [1.165, 1.54) is 29.8 Å². The first kappa shape index (κ1) is 42.0. The zero-order valence-electron chi connectivity index (χ0n) is 27.9. The van der Waals surface area contributed by atoms with Gasteiger partial charge in [0.1, 0.15) is 6.23 Å². The number of phosphoric acid groups is 3. The molecule has 0 radical (unpaired) electrons. The molecule has 6 atom stereocenters. The number of nitrogens with zero attached hydrogens (tertiary/aromatic N) is 6. The first-order valence-corrected chi connectivity index (χ1v) is 20.5. The molecule has 0 saturated carbocycles. The summed E-state index contributed by atoms with van der Waals surface area (Å²) < 4.78 is 54.8. The van der Waals surface area contributed by atoms with E-state index in [0.717, 1.165) is 39.5 Å². The van der Waals surface area contributed by atoms with Gasteiger partial charge < -0.3 is 33.9 Å². The molecule has 286 valence electrons. The van der Waals surface area contributed by atoms with Crippen LogP contribution < -0.4 is 11.2 Å². The van der Waals surface area contributed by atoms with E-state index >= 15 is 0 Å². The van der Waals surface area contributed by atoms with Gasteiger partial charge in [-0.05, 0) is 63.1 Å². The number of aromatic nitrogens is 4. The Kier molecular flexibility index (Phi) is 13.5. The van der Waals surface area contributed by atoms with Crippen molar-refractivity contribution in [3.05, 3.63) is 82.2 Å². The molecule has 1 saturated heterocycles. The lowest BCUT2D eigenvalue weighted by Crippen LogP contribution is -2.34. The second-order valence-electron chi connectivity index (χ2n) is 12.1. The highest BCUT2D eigenvalue weighted by Gasteiger charge is 2.43. The lowest BCUT2D eigenvalue weighted by atomic mass is 10.1. The highest BCUT2D eigenvalue weighted by molar-refractivity contribution is 7.71. The standard InChI is InChI=1S/C16H20ClN3S.C10H16N5O13P3/c1-10(2)4-5-19-9-12-6-13(17)7-14-15(12)20(8-11(19)3)16(21)18-14;1-5-3-15(10(17)12-9(5)16)8-2-6(13-14-11)7(26-8)4-25-30(21,22)28-31(23,24)27-29(18,19)20/h4,6-7,11H,5,8-9H2,1-3H3,(H,18,21);3,6-8H,2,4H2,1H3,(H,21,22)(H,23,24)(H,12,16,17)(H2,18,19,20)/t11-;6-,7+,8+/m00/s1. The molecule has 52 heavy (non-hydrogen) atoms. The van der Waals surface area contributed by atoms with Gasteiger partial charge in [0.15, 0.2) is 4.77 Å². The third-order valence-corrected chi connectivity index (χ3v) is 12.1. The average Bonchev–Trinajstić information content (AvgIpc) is 3.49. The van der Waals surface area contributed by atoms with Crippen molar-refractivity contribution < 1.29 is 51.2 Å². The minimum absolute atomic E-state index is 0.111. The van der Waals surface area contributed by atoms with E-state index in [9.17, 15) is 28.2 Å². The number of hydrogen-bond acceptors (Lipinski definition) is 12. The number of hydrogen-bond donors (Lipinski definition) is 6. The van der Waals surface area contributed by atoms with Crippen molar-refractivity contribution in [1.82, 2.24) is 24.0 Å². The minimum atomic E-state index is -5.70. The molecule has 2 aromatic heterocycles. The molecule has 4 heterocycles. The van der Waals surface area contributed by atoms with Gasteiger partial charge in [0.05, 0.1) is 29.8 Å². The second kappa shape index (κ2) is 16.7. The molecule has 6 N–H and O–H groups in total. The number of imidazole rings is 1. The Labute approximate surface area is 304 Å². The van der Waals surface area contributed by atoms with Crippen LogP contribution in [-0.2, 0) is 44.7 Å². The molecule has 2 aliphatic rings. The Balaban J connectivity index is 0.000000249. The maximum Gasteiger partial charge on any atom is 0.490 e.